The predicted molar refractivity (Wildman–Crippen MR) is 85.6 cm³/mol. The largest absolute Gasteiger partial charge is 0.340 e. The van der Waals surface area contributed by atoms with Crippen LogP contribution in [0.25, 0.3) is 0 Å². The van der Waals surface area contributed by atoms with Gasteiger partial charge in [-0.2, -0.15) is 0 Å². The highest BCUT2D eigenvalue weighted by Crippen LogP contribution is 2.25. The van der Waals surface area contributed by atoms with Crippen LogP contribution in [-0.4, -0.2) is 28.3 Å². The highest BCUT2D eigenvalue weighted by molar-refractivity contribution is 9.10. The first-order chi connectivity index (χ1) is 9.91. The zero-order chi connectivity index (χ0) is 15.6. The third kappa shape index (κ3) is 3.12. The number of piperazine rings is 1. The summed E-state index contributed by atoms with van der Waals surface area (Å²) in [5.74, 6) is -0.0622. The maximum Gasteiger partial charge on any atom is 0.249 e. The number of rotatable bonds is 4. The fourth-order valence-electron chi connectivity index (χ4n) is 2.67. The van der Waals surface area contributed by atoms with Gasteiger partial charge in [0.1, 0.15) is 11.6 Å². The molecule has 1 N–H and O–H groups in total. The molecule has 0 bridgehead atoms. The summed E-state index contributed by atoms with van der Waals surface area (Å²) in [6.07, 6.45) is 1.20. The Labute approximate surface area is 134 Å². The van der Waals surface area contributed by atoms with Crippen LogP contribution >= 0.6 is 15.9 Å². The Morgan fingerprint density at radius 3 is 2.62 bits per heavy atom. The van der Waals surface area contributed by atoms with E-state index in [1.54, 1.807) is 11.8 Å². The molecule has 1 aromatic carbocycles. The minimum atomic E-state index is -0.797. The molecule has 21 heavy (non-hydrogen) atoms. The van der Waals surface area contributed by atoms with Crippen LogP contribution < -0.4 is 5.32 Å². The van der Waals surface area contributed by atoms with Crippen LogP contribution in [0.5, 0.6) is 0 Å². The summed E-state index contributed by atoms with van der Waals surface area (Å²) >= 11 is 3.44. The molecule has 1 fully saturated rings. The normalized spacial score (nSPS) is 25.9. The second-order valence-corrected chi connectivity index (χ2v) is 6.58. The Hall–Kier alpha value is -1.36. The molecular weight excluding hydrogens is 332 g/mol. The summed E-state index contributed by atoms with van der Waals surface area (Å²) in [6.45, 7) is 6.11. The van der Waals surface area contributed by atoms with E-state index in [2.05, 4.69) is 21.2 Å². The molecule has 2 unspecified atom stereocenters. The second kappa shape index (κ2) is 6.18. The van der Waals surface area contributed by atoms with E-state index < -0.39 is 11.6 Å². The van der Waals surface area contributed by atoms with Crippen LogP contribution in [0.1, 0.15) is 39.2 Å². The Morgan fingerprint density at radius 2 is 2.05 bits per heavy atom. The second-order valence-electron chi connectivity index (χ2n) is 5.66. The maximum absolute atomic E-state index is 12.8. The first kappa shape index (κ1) is 16.0. The van der Waals surface area contributed by atoms with E-state index >= 15 is 0 Å². The average Bonchev–Trinajstić information content (AvgIpc) is 2.45. The zero-order valence-corrected chi connectivity index (χ0v) is 14.2. The van der Waals surface area contributed by atoms with Crippen molar-refractivity contribution in [1.82, 2.24) is 10.2 Å². The van der Waals surface area contributed by atoms with Crippen molar-refractivity contribution in [2.75, 3.05) is 0 Å². The molecule has 1 aliphatic rings. The highest BCUT2D eigenvalue weighted by atomic mass is 79.9. The molecule has 1 saturated heterocycles. The molecule has 5 heteroatoms. The van der Waals surface area contributed by atoms with Crippen molar-refractivity contribution in [2.45, 2.75) is 51.7 Å². The van der Waals surface area contributed by atoms with Crippen molar-refractivity contribution >= 4 is 27.7 Å². The summed E-state index contributed by atoms with van der Waals surface area (Å²) in [4.78, 5) is 26.8. The number of halogens is 1. The highest BCUT2D eigenvalue weighted by Gasteiger charge is 2.46. The number of amides is 2. The van der Waals surface area contributed by atoms with Crippen LogP contribution in [0.3, 0.4) is 0 Å². The van der Waals surface area contributed by atoms with Crippen LogP contribution in [0.4, 0.5) is 0 Å². The number of hydrogen-bond donors (Lipinski definition) is 1. The van der Waals surface area contributed by atoms with E-state index in [0.29, 0.717) is 19.4 Å². The van der Waals surface area contributed by atoms with Crippen molar-refractivity contribution < 1.29 is 9.59 Å². The van der Waals surface area contributed by atoms with Crippen molar-refractivity contribution in [3.8, 4) is 0 Å². The van der Waals surface area contributed by atoms with Gasteiger partial charge in [0.05, 0.1) is 0 Å². The van der Waals surface area contributed by atoms with E-state index in [-0.39, 0.29) is 11.8 Å². The molecule has 0 radical (unpaired) electrons. The van der Waals surface area contributed by atoms with Crippen LogP contribution in [0, 0.1) is 0 Å². The molecule has 1 heterocycles. The number of nitrogens with zero attached hydrogens (tertiary/aromatic N) is 1. The van der Waals surface area contributed by atoms with Crippen molar-refractivity contribution in [1.29, 1.82) is 0 Å². The minimum Gasteiger partial charge on any atom is -0.340 e. The summed E-state index contributed by atoms with van der Waals surface area (Å²) < 4.78 is 0.972. The standard InChI is InChI=1S/C16H21BrN2O2/c1-4-13-14(20)18-16(3,5-2)15(21)19(13)10-11-7-6-8-12(17)9-11/h6-9,13H,4-5,10H2,1-3H3,(H,18,20). The minimum absolute atomic E-state index is 0.00331. The molecule has 1 aromatic rings. The van der Waals surface area contributed by atoms with E-state index in [1.807, 2.05) is 38.1 Å². The maximum atomic E-state index is 12.8. The first-order valence-electron chi connectivity index (χ1n) is 7.28. The molecule has 0 aliphatic carbocycles. The number of nitrogens with one attached hydrogen (secondary N) is 1. The van der Waals surface area contributed by atoms with Crippen LogP contribution in [-0.2, 0) is 16.1 Å². The van der Waals surface area contributed by atoms with Crippen LogP contribution in [0.2, 0.25) is 0 Å². The molecule has 0 spiro atoms. The molecule has 2 atom stereocenters. The Bertz CT molecular complexity index is 561. The van der Waals surface area contributed by atoms with Crippen molar-refractivity contribution in [2.24, 2.45) is 0 Å². The van der Waals surface area contributed by atoms with Crippen molar-refractivity contribution in [3.05, 3.63) is 34.3 Å². The third-order valence-corrected chi connectivity index (χ3v) is 4.64. The lowest BCUT2D eigenvalue weighted by atomic mass is 9.91. The predicted octanol–water partition coefficient (Wildman–Crippen LogP) is 2.85. The SMILES string of the molecule is CCC1C(=O)NC(C)(CC)C(=O)N1Cc1cccc(Br)c1. The third-order valence-electron chi connectivity index (χ3n) is 4.15. The monoisotopic (exact) mass is 352 g/mol. The summed E-state index contributed by atoms with van der Waals surface area (Å²) in [6, 6.07) is 7.45. The number of carbonyl (C=O) groups excluding carboxylic acids is 2. The molecule has 4 nitrogen and oxygen atoms in total. The average molecular weight is 353 g/mol. The van der Waals surface area contributed by atoms with Gasteiger partial charge in [-0.3, -0.25) is 9.59 Å². The van der Waals surface area contributed by atoms with Crippen molar-refractivity contribution in [3.63, 3.8) is 0 Å². The van der Waals surface area contributed by atoms with Gasteiger partial charge in [0.2, 0.25) is 11.8 Å². The summed E-state index contributed by atoms with van der Waals surface area (Å²) in [7, 11) is 0. The first-order valence-corrected chi connectivity index (χ1v) is 8.08. The fourth-order valence-corrected chi connectivity index (χ4v) is 3.11. The Balaban J connectivity index is 2.32. The van der Waals surface area contributed by atoms with Crippen LogP contribution in [0.15, 0.2) is 28.7 Å². The molecule has 1 aliphatic heterocycles. The lowest BCUT2D eigenvalue weighted by Gasteiger charge is -2.44. The van der Waals surface area contributed by atoms with Gasteiger partial charge in [0.25, 0.3) is 0 Å². The van der Waals surface area contributed by atoms with Gasteiger partial charge in [-0.15, -0.1) is 0 Å². The topological polar surface area (TPSA) is 49.4 Å². The number of carbonyl (C=O) groups is 2. The van der Waals surface area contributed by atoms with Gasteiger partial charge in [-0.1, -0.05) is 41.9 Å². The fraction of sp³-hybridized carbons (Fsp3) is 0.500. The van der Waals surface area contributed by atoms with E-state index in [0.717, 1.165) is 10.0 Å². The number of hydrogen-bond acceptors (Lipinski definition) is 2. The molecule has 0 aromatic heterocycles. The summed E-state index contributed by atoms with van der Waals surface area (Å²) in [5.41, 5.74) is 0.221. The Kier molecular flexibility index (Phi) is 4.71. The smallest absolute Gasteiger partial charge is 0.249 e. The van der Waals surface area contributed by atoms with Gasteiger partial charge in [-0.25, -0.2) is 0 Å². The van der Waals surface area contributed by atoms with Gasteiger partial charge >= 0.3 is 0 Å². The zero-order valence-electron chi connectivity index (χ0n) is 12.6. The number of benzene rings is 1. The molecule has 2 amide bonds. The van der Waals surface area contributed by atoms with Gasteiger partial charge in [0.15, 0.2) is 0 Å². The summed E-state index contributed by atoms with van der Waals surface area (Å²) in [5, 5.41) is 2.88. The Morgan fingerprint density at radius 1 is 1.33 bits per heavy atom. The van der Waals surface area contributed by atoms with Gasteiger partial charge in [-0.05, 0) is 37.5 Å². The lowest BCUT2D eigenvalue weighted by Crippen LogP contribution is -2.68. The van der Waals surface area contributed by atoms with Gasteiger partial charge in [0, 0.05) is 11.0 Å². The van der Waals surface area contributed by atoms with E-state index in [1.165, 1.54) is 0 Å². The molecule has 0 saturated carbocycles. The lowest BCUT2D eigenvalue weighted by molar-refractivity contribution is -0.155. The molecule has 2 rings (SSSR count). The van der Waals surface area contributed by atoms with E-state index in [4.69, 9.17) is 0 Å². The molecule has 114 valence electrons. The van der Waals surface area contributed by atoms with Gasteiger partial charge < -0.3 is 10.2 Å². The quantitative estimate of drug-likeness (QED) is 0.905. The van der Waals surface area contributed by atoms with E-state index in [9.17, 15) is 9.59 Å². The molecular formula is C16H21BrN2O2.